The Morgan fingerprint density at radius 1 is 1.15 bits per heavy atom. The fraction of sp³-hybridized carbons (Fsp3) is 0.346. The molecule has 0 saturated heterocycles. The Labute approximate surface area is 194 Å². The first-order valence-corrected chi connectivity index (χ1v) is 11.3. The number of guanidine groups is 1. The first-order valence-electron chi connectivity index (χ1n) is 11.3. The maximum Gasteiger partial charge on any atom is 0.258 e. The maximum atomic E-state index is 13.6. The van der Waals surface area contributed by atoms with Crippen LogP contribution in [-0.4, -0.2) is 28.2 Å². The number of halogens is 1. The highest BCUT2D eigenvalue weighted by Gasteiger charge is 2.13. The number of hydrogen-bond acceptors (Lipinski definition) is 3. The van der Waals surface area contributed by atoms with Gasteiger partial charge in [-0.1, -0.05) is 32.0 Å². The van der Waals surface area contributed by atoms with E-state index in [9.17, 15) is 9.18 Å². The van der Waals surface area contributed by atoms with E-state index in [1.807, 2.05) is 35.9 Å². The van der Waals surface area contributed by atoms with Crippen molar-refractivity contribution in [3.05, 3.63) is 82.4 Å². The molecule has 7 heteroatoms. The number of amides is 1. The molecule has 0 saturated carbocycles. The van der Waals surface area contributed by atoms with E-state index in [1.54, 1.807) is 6.07 Å². The molecule has 0 atom stereocenters. The highest BCUT2D eigenvalue weighted by molar-refractivity contribution is 6.09. The number of carbonyl (C=O) groups excluding carboxylic acids is 1. The Hall–Kier alpha value is -3.48. The first-order chi connectivity index (χ1) is 15.8. The largest absolute Gasteiger partial charge is 0.326 e. The summed E-state index contributed by atoms with van der Waals surface area (Å²) < 4.78 is 15.6. The van der Waals surface area contributed by atoms with Crippen LogP contribution in [0.4, 0.5) is 10.1 Å². The van der Waals surface area contributed by atoms with Crippen molar-refractivity contribution >= 4 is 17.6 Å². The molecule has 2 aromatic carbocycles. The van der Waals surface area contributed by atoms with Gasteiger partial charge in [-0.05, 0) is 74.6 Å². The summed E-state index contributed by atoms with van der Waals surface area (Å²) in [6.07, 6.45) is 0.699. The lowest BCUT2D eigenvalue weighted by atomic mass is 10.0. The van der Waals surface area contributed by atoms with E-state index in [0.717, 1.165) is 29.2 Å². The predicted octanol–water partition coefficient (Wildman–Crippen LogP) is 5.22. The fourth-order valence-electron chi connectivity index (χ4n) is 3.69. The van der Waals surface area contributed by atoms with Gasteiger partial charge in [-0.25, -0.2) is 4.39 Å². The van der Waals surface area contributed by atoms with E-state index in [2.05, 4.69) is 48.4 Å². The summed E-state index contributed by atoms with van der Waals surface area (Å²) in [6.45, 7) is 11.7. The quantitative estimate of drug-likeness (QED) is 0.384. The molecule has 0 unspecified atom stereocenters. The minimum Gasteiger partial charge on any atom is -0.326 e. The van der Waals surface area contributed by atoms with E-state index in [0.29, 0.717) is 24.8 Å². The van der Waals surface area contributed by atoms with Crippen LogP contribution < -0.4 is 10.6 Å². The SMILES string of the molecule is CCn1nc(C)c(CCN=C(NC(=O)c2cccc(F)c2)Nc2ccc(C(C)C)cc2)c1C. The molecule has 6 nitrogen and oxygen atoms in total. The Kier molecular flexibility index (Phi) is 7.98. The Balaban J connectivity index is 1.79. The van der Waals surface area contributed by atoms with Crippen LogP contribution in [0.2, 0.25) is 0 Å². The van der Waals surface area contributed by atoms with Crippen molar-refractivity contribution in [3.8, 4) is 0 Å². The molecule has 1 aromatic heterocycles. The zero-order chi connectivity index (χ0) is 24.0. The standard InChI is InChI=1S/C26H32FN5O/c1-6-32-19(5)24(18(4)31-32)14-15-28-26(29-23-12-10-20(11-13-23)17(2)3)30-25(33)21-8-7-9-22(27)16-21/h7-13,16-17H,6,14-15H2,1-5H3,(H2,28,29,30,33). The third-order valence-corrected chi connectivity index (χ3v) is 5.62. The van der Waals surface area contributed by atoms with E-state index in [1.165, 1.54) is 23.8 Å². The monoisotopic (exact) mass is 449 g/mol. The van der Waals surface area contributed by atoms with Gasteiger partial charge in [-0.15, -0.1) is 0 Å². The number of anilines is 1. The third-order valence-electron chi connectivity index (χ3n) is 5.62. The Bertz CT molecular complexity index is 1130. The summed E-state index contributed by atoms with van der Waals surface area (Å²) >= 11 is 0. The average Bonchev–Trinajstić information content (AvgIpc) is 3.07. The van der Waals surface area contributed by atoms with E-state index >= 15 is 0 Å². The number of nitrogens with one attached hydrogen (secondary N) is 2. The van der Waals surface area contributed by atoms with Gasteiger partial charge in [0.2, 0.25) is 5.96 Å². The molecule has 1 heterocycles. The number of benzene rings is 2. The van der Waals surface area contributed by atoms with E-state index < -0.39 is 11.7 Å². The predicted molar refractivity (Wildman–Crippen MR) is 131 cm³/mol. The summed E-state index contributed by atoms with van der Waals surface area (Å²) in [5.41, 5.74) is 5.55. The molecule has 1 amide bonds. The van der Waals surface area contributed by atoms with Crippen LogP contribution in [0.15, 0.2) is 53.5 Å². The molecule has 3 rings (SSSR count). The number of rotatable bonds is 7. The van der Waals surface area contributed by atoms with Crippen LogP contribution in [-0.2, 0) is 13.0 Å². The van der Waals surface area contributed by atoms with Crippen LogP contribution in [0, 0.1) is 19.7 Å². The molecule has 0 radical (unpaired) electrons. The molecule has 0 spiro atoms. The lowest BCUT2D eigenvalue weighted by Crippen LogP contribution is -2.36. The number of aryl methyl sites for hydroxylation is 2. The molecule has 2 N–H and O–H groups in total. The van der Waals surface area contributed by atoms with Gasteiger partial charge in [0, 0.05) is 30.0 Å². The zero-order valence-corrected chi connectivity index (χ0v) is 19.9. The fourth-order valence-corrected chi connectivity index (χ4v) is 3.69. The van der Waals surface area contributed by atoms with Crippen LogP contribution in [0.3, 0.4) is 0 Å². The maximum absolute atomic E-state index is 13.6. The Morgan fingerprint density at radius 3 is 2.48 bits per heavy atom. The summed E-state index contributed by atoms with van der Waals surface area (Å²) in [6, 6.07) is 13.6. The zero-order valence-electron chi connectivity index (χ0n) is 19.9. The van der Waals surface area contributed by atoms with Gasteiger partial charge in [0.15, 0.2) is 0 Å². The summed E-state index contributed by atoms with van der Waals surface area (Å²) in [7, 11) is 0. The molecule has 33 heavy (non-hydrogen) atoms. The lowest BCUT2D eigenvalue weighted by Gasteiger charge is -2.13. The van der Waals surface area contributed by atoms with Crippen LogP contribution in [0.1, 0.15) is 59.6 Å². The first kappa shape index (κ1) is 24.2. The van der Waals surface area contributed by atoms with E-state index in [-0.39, 0.29) is 5.56 Å². The van der Waals surface area contributed by atoms with Crippen LogP contribution in [0.5, 0.6) is 0 Å². The van der Waals surface area contributed by atoms with Crippen molar-refractivity contribution in [1.82, 2.24) is 15.1 Å². The number of aromatic nitrogens is 2. The smallest absolute Gasteiger partial charge is 0.258 e. The van der Waals surface area contributed by atoms with Crippen molar-refractivity contribution in [2.75, 3.05) is 11.9 Å². The third kappa shape index (κ3) is 6.28. The number of aliphatic imine (C=N–C) groups is 1. The minimum absolute atomic E-state index is 0.232. The van der Waals surface area contributed by atoms with Crippen molar-refractivity contribution in [2.45, 2.75) is 53.5 Å². The molecule has 0 bridgehead atoms. The van der Waals surface area contributed by atoms with Crippen molar-refractivity contribution in [2.24, 2.45) is 4.99 Å². The second-order valence-electron chi connectivity index (χ2n) is 8.31. The highest BCUT2D eigenvalue weighted by atomic mass is 19.1. The molecule has 0 aliphatic heterocycles. The molecule has 0 aliphatic rings. The summed E-state index contributed by atoms with van der Waals surface area (Å²) in [5.74, 6) is -0.141. The van der Waals surface area contributed by atoms with Gasteiger partial charge in [0.05, 0.1) is 5.69 Å². The van der Waals surface area contributed by atoms with Crippen molar-refractivity contribution < 1.29 is 9.18 Å². The Morgan fingerprint density at radius 2 is 1.88 bits per heavy atom. The van der Waals surface area contributed by atoms with E-state index in [4.69, 9.17) is 0 Å². The minimum atomic E-state index is -0.461. The second kappa shape index (κ2) is 10.9. The average molecular weight is 450 g/mol. The van der Waals surface area contributed by atoms with Gasteiger partial charge in [0.25, 0.3) is 5.91 Å². The summed E-state index contributed by atoms with van der Waals surface area (Å²) in [4.78, 5) is 17.3. The molecule has 0 aliphatic carbocycles. The number of carbonyl (C=O) groups is 1. The molecular formula is C26H32FN5O. The molecular weight excluding hydrogens is 417 g/mol. The van der Waals surface area contributed by atoms with Crippen LogP contribution in [0.25, 0.3) is 0 Å². The van der Waals surface area contributed by atoms with Crippen molar-refractivity contribution in [3.63, 3.8) is 0 Å². The van der Waals surface area contributed by atoms with Crippen LogP contribution >= 0.6 is 0 Å². The van der Waals surface area contributed by atoms with Crippen molar-refractivity contribution in [1.29, 1.82) is 0 Å². The number of hydrogen-bond donors (Lipinski definition) is 2. The summed E-state index contributed by atoms with van der Waals surface area (Å²) in [5, 5.41) is 10.5. The second-order valence-corrected chi connectivity index (χ2v) is 8.31. The molecule has 0 fully saturated rings. The van der Waals surface area contributed by atoms with Gasteiger partial charge in [-0.3, -0.25) is 19.8 Å². The van der Waals surface area contributed by atoms with Gasteiger partial charge >= 0.3 is 0 Å². The van der Waals surface area contributed by atoms with Gasteiger partial charge in [0.1, 0.15) is 5.82 Å². The normalized spacial score (nSPS) is 11.7. The number of nitrogens with zero attached hydrogens (tertiary/aromatic N) is 3. The molecule has 3 aromatic rings. The topological polar surface area (TPSA) is 71.3 Å². The molecule has 174 valence electrons. The highest BCUT2D eigenvalue weighted by Crippen LogP contribution is 2.17. The van der Waals surface area contributed by atoms with Gasteiger partial charge < -0.3 is 5.32 Å². The van der Waals surface area contributed by atoms with Gasteiger partial charge in [-0.2, -0.15) is 5.10 Å². The lowest BCUT2D eigenvalue weighted by molar-refractivity contribution is 0.0976.